The van der Waals surface area contributed by atoms with Crippen LogP contribution in [-0.4, -0.2) is 11.0 Å². The van der Waals surface area contributed by atoms with Gasteiger partial charge in [-0.3, -0.25) is 9.59 Å². The Morgan fingerprint density at radius 3 is 2.55 bits per heavy atom. The van der Waals surface area contributed by atoms with E-state index in [2.05, 4.69) is 4.98 Å². The fraction of sp³-hybridized carbons (Fsp3) is 0.200. The van der Waals surface area contributed by atoms with Gasteiger partial charge in [-0.15, -0.1) is 0 Å². The first-order valence-corrected chi connectivity index (χ1v) is 6.21. The summed E-state index contributed by atoms with van der Waals surface area (Å²) in [5, 5.41) is 0. The molecule has 1 heterocycles. The van der Waals surface area contributed by atoms with Gasteiger partial charge >= 0.3 is 5.97 Å². The number of aromatic nitrogens is 1. The van der Waals surface area contributed by atoms with E-state index in [9.17, 15) is 14.0 Å². The Hall–Kier alpha value is -2.43. The normalized spacial score (nSPS) is 10.3. The minimum atomic E-state index is -0.482. The highest BCUT2D eigenvalue weighted by atomic mass is 19.1. The lowest BCUT2D eigenvalue weighted by atomic mass is 10.0. The second kappa shape index (κ2) is 5.69. The van der Waals surface area contributed by atoms with Crippen LogP contribution >= 0.6 is 0 Å². The third kappa shape index (κ3) is 2.77. The van der Waals surface area contributed by atoms with Crippen molar-refractivity contribution < 1.29 is 13.9 Å². The van der Waals surface area contributed by atoms with Crippen LogP contribution in [0.3, 0.4) is 0 Å². The zero-order chi connectivity index (χ0) is 14.7. The molecule has 1 aromatic heterocycles. The average Bonchev–Trinajstić information content (AvgIpc) is 2.44. The number of rotatable bonds is 3. The van der Waals surface area contributed by atoms with Crippen LogP contribution in [-0.2, 0) is 4.79 Å². The number of aryl methyl sites for hydroxylation is 1. The van der Waals surface area contributed by atoms with Gasteiger partial charge in [0.2, 0.25) is 5.43 Å². The maximum atomic E-state index is 12.9. The summed E-state index contributed by atoms with van der Waals surface area (Å²) in [5.41, 5.74) is 1.17. The van der Waals surface area contributed by atoms with Gasteiger partial charge in [0, 0.05) is 18.3 Å². The van der Waals surface area contributed by atoms with Crippen molar-refractivity contribution in [3.8, 4) is 16.9 Å². The predicted molar refractivity (Wildman–Crippen MR) is 73.1 cm³/mol. The van der Waals surface area contributed by atoms with Crippen LogP contribution in [0, 0.1) is 12.7 Å². The van der Waals surface area contributed by atoms with Crippen LogP contribution in [0.25, 0.3) is 11.1 Å². The molecule has 1 N–H and O–H groups in total. The quantitative estimate of drug-likeness (QED) is 0.876. The number of halogens is 1. The van der Waals surface area contributed by atoms with Crippen LogP contribution < -0.4 is 10.2 Å². The molecule has 0 aliphatic rings. The van der Waals surface area contributed by atoms with E-state index >= 15 is 0 Å². The summed E-state index contributed by atoms with van der Waals surface area (Å²) in [7, 11) is 0. The van der Waals surface area contributed by atoms with Crippen molar-refractivity contribution in [1.82, 2.24) is 4.98 Å². The zero-order valence-corrected chi connectivity index (χ0v) is 11.2. The van der Waals surface area contributed by atoms with Crippen molar-refractivity contribution in [3.63, 3.8) is 0 Å². The highest BCUT2D eigenvalue weighted by Crippen LogP contribution is 2.21. The molecule has 5 heteroatoms. The highest BCUT2D eigenvalue weighted by Gasteiger charge is 2.14. The second-order valence-electron chi connectivity index (χ2n) is 4.32. The number of aromatic amines is 1. The molecule has 20 heavy (non-hydrogen) atoms. The number of esters is 1. The molecule has 0 atom stereocenters. The van der Waals surface area contributed by atoms with E-state index in [4.69, 9.17) is 4.74 Å². The molecular weight excluding hydrogens is 261 g/mol. The largest absolute Gasteiger partial charge is 0.421 e. The third-order valence-corrected chi connectivity index (χ3v) is 2.89. The predicted octanol–water partition coefficient (Wildman–Crippen LogP) is 2.80. The number of benzene rings is 1. The van der Waals surface area contributed by atoms with Crippen molar-refractivity contribution in [2.75, 3.05) is 0 Å². The average molecular weight is 275 g/mol. The molecule has 0 saturated carbocycles. The number of hydrogen-bond acceptors (Lipinski definition) is 3. The number of hydrogen-bond donors (Lipinski definition) is 1. The Labute approximate surface area is 115 Å². The molecule has 0 radical (unpaired) electrons. The lowest BCUT2D eigenvalue weighted by molar-refractivity contribution is -0.134. The van der Waals surface area contributed by atoms with Gasteiger partial charge in [-0.05, 0) is 24.6 Å². The topological polar surface area (TPSA) is 59.2 Å². The standard InChI is InChI=1S/C15H14FNO3/c1-3-13(18)20-12-8-17-9(2)14(15(12)19)10-4-6-11(16)7-5-10/h4-8H,3H2,1-2H3,(H,17,19). The van der Waals surface area contributed by atoms with Gasteiger partial charge in [0.15, 0.2) is 5.75 Å². The summed E-state index contributed by atoms with van der Waals surface area (Å²) in [6.45, 7) is 3.37. The van der Waals surface area contributed by atoms with Crippen molar-refractivity contribution in [3.05, 3.63) is 52.2 Å². The van der Waals surface area contributed by atoms with Gasteiger partial charge in [0.1, 0.15) is 5.82 Å². The molecule has 0 amide bonds. The molecular formula is C15H14FNO3. The van der Waals surface area contributed by atoms with Gasteiger partial charge in [-0.2, -0.15) is 0 Å². The fourth-order valence-electron chi connectivity index (χ4n) is 1.84. The summed E-state index contributed by atoms with van der Waals surface area (Å²) in [5.74, 6) is -0.914. The lowest BCUT2D eigenvalue weighted by Crippen LogP contribution is -2.16. The molecule has 2 rings (SSSR count). The number of H-pyrrole nitrogens is 1. The first kappa shape index (κ1) is 14.0. The van der Waals surface area contributed by atoms with Crippen molar-refractivity contribution in [2.45, 2.75) is 20.3 Å². The van der Waals surface area contributed by atoms with E-state index in [1.807, 2.05) is 0 Å². The van der Waals surface area contributed by atoms with E-state index in [-0.39, 0.29) is 18.0 Å². The van der Waals surface area contributed by atoms with Crippen LogP contribution in [0.15, 0.2) is 35.3 Å². The molecule has 4 nitrogen and oxygen atoms in total. The van der Waals surface area contributed by atoms with E-state index in [1.165, 1.54) is 30.5 Å². The van der Waals surface area contributed by atoms with E-state index in [0.717, 1.165) is 0 Å². The van der Waals surface area contributed by atoms with E-state index in [1.54, 1.807) is 13.8 Å². The third-order valence-electron chi connectivity index (χ3n) is 2.89. The molecule has 0 saturated heterocycles. The van der Waals surface area contributed by atoms with Crippen molar-refractivity contribution in [1.29, 1.82) is 0 Å². The van der Waals surface area contributed by atoms with Crippen LogP contribution in [0.2, 0.25) is 0 Å². The number of ether oxygens (including phenoxy) is 1. The van der Waals surface area contributed by atoms with E-state index in [0.29, 0.717) is 16.8 Å². The van der Waals surface area contributed by atoms with Crippen molar-refractivity contribution in [2.24, 2.45) is 0 Å². The lowest BCUT2D eigenvalue weighted by Gasteiger charge is -2.08. The molecule has 0 unspecified atom stereocenters. The Bertz CT molecular complexity index is 689. The molecule has 0 aliphatic heterocycles. The minimum absolute atomic E-state index is 0.0539. The van der Waals surface area contributed by atoms with Gasteiger partial charge in [-0.25, -0.2) is 4.39 Å². The van der Waals surface area contributed by atoms with Crippen molar-refractivity contribution >= 4 is 5.97 Å². The first-order chi connectivity index (χ1) is 9.52. The van der Waals surface area contributed by atoms with Crippen LogP contribution in [0.1, 0.15) is 19.0 Å². The van der Waals surface area contributed by atoms with Gasteiger partial charge in [0.25, 0.3) is 0 Å². The summed E-state index contributed by atoms with van der Waals surface area (Å²) in [4.78, 5) is 26.5. The monoisotopic (exact) mass is 275 g/mol. The Morgan fingerprint density at radius 2 is 1.95 bits per heavy atom. The van der Waals surface area contributed by atoms with Gasteiger partial charge in [-0.1, -0.05) is 19.1 Å². The van der Waals surface area contributed by atoms with Gasteiger partial charge < -0.3 is 9.72 Å². The summed E-state index contributed by atoms with van der Waals surface area (Å²) in [6.07, 6.45) is 1.54. The number of carbonyl (C=O) groups excluding carboxylic acids is 1. The molecule has 0 aliphatic carbocycles. The molecule has 0 bridgehead atoms. The number of pyridine rings is 1. The molecule has 1 aromatic carbocycles. The molecule has 104 valence electrons. The van der Waals surface area contributed by atoms with E-state index < -0.39 is 11.4 Å². The summed E-state index contributed by atoms with van der Waals surface area (Å²) in [6, 6.07) is 5.58. The Balaban J connectivity index is 2.52. The Kier molecular flexibility index (Phi) is 3.98. The maximum absolute atomic E-state index is 12.9. The molecule has 0 fully saturated rings. The summed E-state index contributed by atoms with van der Waals surface area (Å²) >= 11 is 0. The fourth-order valence-corrected chi connectivity index (χ4v) is 1.84. The maximum Gasteiger partial charge on any atom is 0.311 e. The highest BCUT2D eigenvalue weighted by molar-refractivity contribution is 5.73. The smallest absolute Gasteiger partial charge is 0.311 e. The molecule has 0 spiro atoms. The second-order valence-corrected chi connectivity index (χ2v) is 4.32. The van der Waals surface area contributed by atoms with Gasteiger partial charge in [0.05, 0.1) is 5.56 Å². The minimum Gasteiger partial charge on any atom is -0.421 e. The zero-order valence-electron chi connectivity index (χ0n) is 11.2. The van der Waals surface area contributed by atoms with Crippen LogP contribution in [0.5, 0.6) is 5.75 Å². The number of nitrogens with one attached hydrogen (secondary N) is 1. The SMILES string of the molecule is CCC(=O)Oc1c[nH]c(C)c(-c2ccc(F)cc2)c1=O. The molecule has 2 aromatic rings. The summed E-state index contributed by atoms with van der Waals surface area (Å²) < 4.78 is 17.9. The van der Waals surface area contributed by atoms with Crippen LogP contribution in [0.4, 0.5) is 4.39 Å². The Morgan fingerprint density at radius 1 is 1.30 bits per heavy atom. The number of carbonyl (C=O) groups is 1. The first-order valence-electron chi connectivity index (χ1n) is 6.21.